The molecule has 0 heterocycles. The van der Waals surface area contributed by atoms with Crippen LogP contribution in [0.2, 0.25) is 0 Å². The van der Waals surface area contributed by atoms with Gasteiger partial charge in [0.1, 0.15) is 0 Å². The monoisotopic (exact) mass is 251 g/mol. The molecule has 0 saturated heterocycles. The molecule has 0 amide bonds. The van der Waals surface area contributed by atoms with E-state index in [-0.39, 0.29) is 0 Å². The van der Waals surface area contributed by atoms with E-state index in [9.17, 15) is 0 Å². The molecule has 2 aromatic rings. The predicted octanol–water partition coefficient (Wildman–Crippen LogP) is 4.19. The maximum absolute atomic E-state index is 3.66. The highest BCUT2D eigenvalue weighted by Crippen LogP contribution is 2.45. The van der Waals surface area contributed by atoms with E-state index in [1.54, 1.807) is 0 Å². The second-order valence-corrected chi connectivity index (χ2v) is 5.39. The molecule has 19 heavy (non-hydrogen) atoms. The minimum Gasteiger partial charge on any atom is -0.313 e. The van der Waals surface area contributed by atoms with Gasteiger partial charge in [0, 0.05) is 12.0 Å². The highest BCUT2D eigenvalue weighted by atomic mass is 14.9. The van der Waals surface area contributed by atoms with Crippen molar-refractivity contribution in [3.05, 3.63) is 59.7 Å². The van der Waals surface area contributed by atoms with Crippen molar-refractivity contribution in [1.29, 1.82) is 0 Å². The summed E-state index contributed by atoms with van der Waals surface area (Å²) in [6, 6.07) is 18.1. The number of rotatable bonds is 4. The van der Waals surface area contributed by atoms with Crippen LogP contribution in [-0.2, 0) is 0 Å². The molecular weight excluding hydrogens is 230 g/mol. The van der Waals surface area contributed by atoms with Crippen LogP contribution in [0.25, 0.3) is 11.1 Å². The lowest BCUT2D eigenvalue weighted by Gasteiger charge is -2.23. The SMILES string of the molecule is CCCNC(C)C1c2ccccc2-c2ccccc21. The third-order valence-electron chi connectivity index (χ3n) is 4.10. The van der Waals surface area contributed by atoms with Crippen molar-refractivity contribution in [3.8, 4) is 11.1 Å². The number of nitrogens with one attached hydrogen (secondary N) is 1. The highest BCUT2D eigenvalue weighted by molar-refractivity contribution is 5.79. The zero-order valence-electron chi connectivity index (χ0n) is 11.7. The smallest absolute Gasteiger partial charge is 0.0253 e. The van der Waals surface area contributed by atoms with E-state index in [0.717, 1.165) is 6.54 Å². The molecule has 0 bridgehead atoms. The van der Waals surface area contributed by atoms with E-state index in [4.69, 9.17) is 0 Å². The number of benzene rings is 2. The summed E-state index contributed by atoms with van der Waals surface area (Å²) in [7, 11) is 0. The van der Waals surface area contributed by atoms with Crippen LogP contribution in [0.5, 0.6) is 0 Å². The van der Waals surface area contributed by atoms with Crippen molar-refractivity contribution in [2.24, 2.45) is 0 Å². The van der Waals surface area contributed by atoms with Crippen LogP contribution in [0.3, 0.4) is 0 Å². The first kappa shape index (κ1) is 12.4. The van der Waals surface area contributed by atoms with Gasteiger partial charge in [-0.15, -0.1) is 0 Å². The average molecular weight is 251 g/mol. The first-order valence-corrected chi connectivity index (χ1v) is 7.24. The molecule has 98 valence electrons. The lowest BCUT2D eigenvalue weighted by atomic mass is 9.90. The Morgan fingerprint density at radius 2 is 1.47 bits per heavy atom. The zero-order valence-corrected chi connectivity index (χ0v) is 11.7. The van der Waals surface area contributed by atoms with Gasteiger partial charge < -0.3 is 5.32 Å². The van der Waals surface area contributed by atoms with Crippen molar-refractivity contribution in [3.63, 3.8) is 0 Å². The molecule has 3 rings (SSSR count). The van der Waals surface area contributed by atoms with Gasteiger partial charge in [-0.25, -0.2) is 0 Å². The molecule has 1 aliphatic carbocycles. The summed E-state index contributed by atoms with van der Waals surface area (Å²) in [6.07, 6.45) is 1.18. The fraction of sp³-hybridized carbons (Fsp3) is 0.333. The van der Waals surface area contributed by atoms with Crippen molar-refractivity contribution in [1.82, 2.24) is 5.32 Å². The standard InChI is InChI=1S/C18H21N/c1-3-12-19-13(2)18-16-10-6-4-8-14(16)15-9-5-7-11-17(15)18/h4-11,13,18-19H,3,12H2,1-2H3. The summed E-state index contributed by atoms with van der Waals surface area (Å²) in [6.45, 7) is 5.61. The lowest BCUT2D eigenvalue weighted by molar-refractivity contribution is 0.504. The molecule has 0 saturated carbocycles. The number of hydrogen-bond acceptors (Lipinski definition) is 1. The van der Waals surface area contributed by atoms with Gasteiger partial charge in [-0.05, 0) is 42.1 Å². The largest absolute Gasteiger partial charge is 0.313 e. The summed E-state index contributed by atoms with van der Waals surface area (Å²) >= 11 is 0. The van der Waals surface area contributed by atoms with Crippen LogP contribution >= 0.6 is 0 Å². The third-order valence-corrected chi connectivity index (χ3v) is 4.10. The van der Waals surface area contributed by atoms with Gasteiger partial charge in [-0.2, -0.15) is 0 Å². The van der Waals surface area contributed by atoms with Gasteiger partial charge in [-0.1, -0.05) is 55.5 Å². The van der Waals surface area contributed by atoms with Gasteiger partial charge >= 0.3 is 0 Å². The Morgan fingerprint density at radius 1 is 0.947 bits per heavy atom. The van der Waals surface area contributed by atoms with Crippen LogP contribution in [-0.4, -0.2) is 12.6 Å². The molecule has 1 heteroatoms. The van der Waals surface area contributed by atoms with E-state index in [1.807, 2.05) is 0 Å². The third kappa shape index (κ3) is 2.08. The molecule has 0 aromatic heterocycles. The van der Waals surface area contributed by atoms with E-state index in [0.29, 0.717) is 12.0 Å². The van der Waals surface area contributed by atoms with Crippen LogP contribution in [0.1, 0.15) is 37.3 Å². The van der Waals surface area contributed by atoms with Gasteiger partial charge in [0.2, 0.25) is 0 Å². The van der Waals surface area contributed by atoms with Crippen LogP contribution in [0, 0.1) is 0 Å². The quantitative estimate of drug-likeness (QED) is 0.859. The van der Waals surface area contributed by atoms with Gasteiger partial charge in [0.15, 0.2) is 0 Å². The fourth-order valence-electron chi connectivity index (χ4n) is 3.22. The highest BCUT2D eigenvalue weighted by Gasteiger charge is 2.31. The van der Waals surface area contributed by atoms with E-state index in [1.165, 1.54) is 28.7 Å². The van der Waals surface area contributed by atoms with E-state index in [2.05, 4.69) is 67.7 Å². The first-order valence-electron chi connectivity index (χ1n) is 7.24. The van der Waals surface area contributed by atoms with Gasteiger partial charge in [-0.3, -0.25) is 0 Å². The number of fused-ring (bicyclic) bond motifs is 3. The molecule has 1 nitrogen and oxygen atoms in total. The molecule has 0 radical (unpaired) electrons. The summed E-state index contributed by atoms with van der Waals surface area (Å²) in [5, 5.41) is 3.66. The zero-order chi connectivity index (χ0) is 13.2. The minimum atomic E-state index is 0.477. The van der Waals surface area contributed by atoms with Crippen LogP contribution in [0.4, 0.5) is 0 Å². The second-order valence-electron chi connectivity index (χ2n) is 5.39. The normalized spacial score (nSPS) is 15.1. The van der Waals surface area contributed by atoms with E-state index < -0.39 is 0 Å². The van der Waals surface area contributed by atoms with Crippen molar-refractivity contribution in [2.75, 3.05) is 6.54 Å². The Labute approximate surface area is 115 Å². The van der Waals surface area contributed by atoms with Crippen molar-refractivity contribution >= 4 is 0 Å². The Balaban J connectivity index is 2.04. The maximum Gasteiger partial charge on any atom is 0.0253 e. The molecule has 1 N–H and O–H groups in total. The van der Waals surface area contributed by atoms with Crippen molar-refractivity contribution < 1.29 is 0 Å². The van der Waals surface area contributed by atoms with Crippen LogP contribution < -0.4 is 5.32 Å². The maximum atomic E-state index is 3.66. The average Bonchev–Trinajstić information content (AvgIpc) is 2.79. The molecule has 0 spiro atoms. The van der Waals surface area contributed by atoms with Gasteiger partial charge in [0.05, 0.1) is 0 Å². The molecule has 0 aliphatic heterocycles. The molecule has 0 fully saturated rings. The summed E-state index contributed by atoms with van der Waals surface area (Å²) in [5.74, 6) is 0.485. The summed E-state index contributed by atoms with van der Waals surface area (Å²) < 4.78 is 0. The summed E-state index contributed by atoms with van der Waals surface area (Å²) in [4.78, 5) is 0. The molecule has 1 unspecified atom stereocenters. The Kier molecular flexibility index (Phi) is 3.39. The Bertz CT molecular complexity index is 528. The molecule has 1 atom stereocenters. The lowest BCUT2D eigenvalue weighted by Crippen LogP contribution is -2.32. The molecule has 2 aromatic carbocycles. The molecule has 1 aliphatic rings. The Hall–Kier alpha value is -1.60. The number of hydrogen-bond donors (Lipinski definition) is 1. The Morgan fingerprint density at radius 3 is 2.00 bits per heavy atom. The van der Waals surface area contributed by atoms with Gasteiger partial charge in [0.25, 0.3) is 0 Å². The second kappa shape index (κ2) is 5.18. The predicted molar refractivity (Wildman–Crippen MR) is 81.5 cm³/mol. The minimum absolute atomic E-state index is 0.477. The van der Waals surface area contributed by atoms with Crippen molar-refractivity contribution in [2.45, 2.75) is 32.2 Å². The van der Waals surface area contributed by atoms with Crippen LogP contribution in [0.15, 0.2) is 48.5 Å². The summed E-state index contributed by atoms with van der Waals surface area (Å²) in [5.41, 5.74) is 5.76. The topological polar surface area (TPSA) is 12.0 Å². The first-order chi connectivity index (χ1) is 9.33. The molecular formula is C18H21N. The van der Waals surface area contributed by atoms with E-state index >= 15 is 0 Å². The fourth-order valence-corrected chi connectivity index (χ4v) is 3.22.